The summed E-state index contributed by atoms with van der Waals surface area (Å²) in [5.41, 5.74) is -5.95. The Kier molecular flexibility index (Phi) is 6.28. The Morgan fingerprint density at radius 1 is 1.13 bits per heavy atom. The molecule has 0 amide bonds. The molecule has 0 unspecified atom stereocenters. The number of primary sulfonamides is 1. The van der Waals surface area contributed by atoms with Gasteiger partial charge in [0.05, 0.1) is 16.6 Å². The van der Waals surface area contributed by atoms with Gasteiger partial charge in [0.15, 0.2) is 0 Å². The van der Waals surface area contributed by atoms with E-state index in [1.54, 1.807) is 0 Å². The van der Waals surface area contributed by atoms with Crippen LogP contribution in [-0.2, 0) is 30.0 Å². The Labute approximate surface area is 174 Å². The van der Waals surface area contributed by atoms with Crippen LogP contribution in [0.15, 0.2) is 32.4 Å². The number of benzene rings is 1. The zero-order valence-corrected chi connectivity index (χ0v) is 18.4. The lowest BCUT2D eigenvalue weighted by atomic mass is 10.0. The highest BCUT2D eigenvalue weighted by atomic mass is 32.3. The van der Waals surface area contributed by atoms with E-state index >= 15 is 0 Å². The molecule has 0 spiro atoms. The molecule has 172 valence electrons. The van der Waals surface area contributed by atoms with E-state index in [0.717, 1.165) is 25.0 Å². The topological polar surface area (TPSA) is 139 Å². The van der Waals surface area contributed by atoms with Crippen LogP contribution in [0, 0.1) is 5.92 Å². The van der Waals surface area contributed by atoms with Crippen molar-refractivity contribution in [1.82, 2.24) is 0 Å². The Morgan fingerprint density at radius 3 is 2.23 bits per heavy atom. The number of hydrogen-bond acceptors (Lipinski definition) is 6. The first-order valence-corrected chi connectivity index (χ1v) is 14.3. The maximum Gasteiger partial charge on any atom is 0.501 e. The third-order valence-corrected chi connectivity index (χ3v) is 10.3. The van der Waals surface area contributed by atoms with Gasteiger partial charge in [0.2, 0.25) is 10.0 Å². The molecule has 30 heavy (non-hydrogen) atoms. The smallest absolute Gasteiger partial charge is 0.384 e. The van der Waals surface area contributed by atoms with Crippen molar-refractivity contribution >= 4 is 35.7 Å². The molecule has 0 bridgehead atoms. The van der Waals surface area contributed by atoms with Gasteiger partial charge in [0, 0.05) is 18.1 Å². The number of hydrogen-bond donors (Lipinski definition) is 4. The Morgan fingerprint density at radius 2 is 1.73 bits per heavy atom. The molecule has 3 rings (SSSR count). The number of rotatable bonds is 6. The number of nitrogens with zero attached hydrogens (tertiary/aromatic N) is 1. The highest BCUT2D eigenvalue weighted by Crippen LogP contribution is 2.36. The van der Waals surface area contributed by atoms with Crippen LogP contribution in [0.1, 0.15) is 25.7 Å². The third kappa shape index (κ3) is 5.33. The Hall–Kier alpha value is -1.22. The van der Waals surface area contributed by atoms with Crippen LogP contribution in [0.3, 0.4) is 0 Å². The molecule has 14 heteroatoms. The Bertz CT molecular complexity index is 1070. The summed E-state index contributed by atoms with van der Waals surface area (Å²) >= 11 is 0. The lowest BCUT2D eigenvalue weighted by molar-refractivity contribution is -0.0435. The summed E-state index contributed by atoms with van der Waals surface area (Å²) in [6.07, 6.45) is 3.23. The molecule has 1 aromatic rings. The van der Waals surface area contributed by atoms with Crippen LogP contribution in [-0.4, -0.2) is 51.0 Å². The summed E-state index contributed by atoms with van der Waals surface area (Å²) in [6.45, 7) is 0.179. The predicted molar refractivity (Wildman–Crippen MR) is 109 cm³/mol. The second-order valence-electron chi connectivity index (χ2n) is 7.65. The van der Waals surface area contributed by atoms with E-state index in [4.69, 9.17) is 5.14 Å². The van der Waals surface area contributed by atoms with E-state index in [0.29, 0.717) is 30.4 Å². The molecule has 4 N–H and O–H groups in total. The number of alkyl halides is 3. The minimum atomic E-state index is -5.80. The normalized spacial score (nSPS) is 23.6. The average molecular weight is 492 g/mol. The summed E-state index contributed by atoms with van der Waals surface area (Å²) in [4.78, 5) is -1.92. The molecule has 1 aliphatic carbocycles. The van der Waals surface area contributed by atoms with Crippen molar-refractivity contribution in [3.8, 4) is 0 Å². The van der Waals surface area contributed by atoms with Gasteiger partial charge < -0.3 is 9.87 Å². The van der Waals surface area contributed by atoms with Crippen molar-refractivity contribution in [2.75, 3.05) is 23.4 Å². The van der Waals surface area contributed by atoms with E-state index < -0.39 is 45.3 Å². The van der Waals surface area contributed by atoms with Crippen molar-refractivity contribution in [2.45, 2.75) is 47.0 Å². The van der Waals surface area contributed by atoms with Gasteiger partial charge in [-0.15, -0.1) is 10.1 Å². The van der Waals surface area contributed by atoms with Crippen molar-refractivity contribution in [2.24, 2.45) is 15.4 Å². The number of anilines is 1. The fourth-order valence-corrected chi connectivity index (χ4v) is 7.70. The predicted octanol–water partition coefficient (Wildman–Crippen LogP) is 2.15. The third-order valence-electron chi connectivity index (χ3n) is 5.17. The standard InChI is InChI=1S/C16H24F3N3O5S3/c17-16(18,19)29(24,25)15-9-13(30(20,26)27)3-4-14(15)21-10-11-5-7-28(23,8-6-11)22-12-1-2-12/h3-4,9,11-12,21,28H,1-2,5-8,10H2,(H,22,23)(H2,20,26,27). The van der Waals surface area contributed by atoms with Crippen LogP contribution in [0.5, 0.6) is 0 Å². The van der Waals surface area contributed by atoms with Gasteiger partial charge in [-0.3, -0.25) is 4.36 Å². The Balaban J connectivity index is 1.79. The summed E-state index contributed by atoms with van der Waals surface area (Å²) in [5.74, 6) is 1.08. The molecule has 0 radical (unpaired) electrons. The summed E-state index contributed by atoms with van der Waals surface area (Å²) in [5, 5.41) is 7.64. The fourth-order valence-electron chi connectivity index (χ4n) is 3.28. The molecule has 0 atom stereocenters. The highest BCUT2D eigenvalue weighted by molar-refractivity contribution is 8.00. The number of nitrogens with two attached hydrogens (primary N) is 1. The van der Waals surface area contributed by atoms with E-state index in [-0.39, 0.29) is 24.2 Å². The van der Waals surface area contributed by atoms with Gasteiger partial charge in [0.1, 0.15) is 4.90 Å². The summed E-state index contributed by atoms with van der Waals surface area (Å²) in [6, 6.07) is 2.59. The van der Waals surface area contributed by atoms with E-state index in [9.17, 15) is 34.6 Å². The molecular formula is C16H24F3N3O5S3. The molecule has 1 saturated heterocycles. The van der Waals surface area contributed by atoms with Crippen molar-refractivity contribution in [1.29, 1.82) is 0 Å². The lowest BCUT2D eigenvalue weighted by Crippen LogP contribution is -2.32. The van der Waals surface area contributed by atoms with Gasteiger partial charge >= 0.3 is 5.51 Å². The van der Waals surface area contributed by atoms with Crippen LogP contribution in [0.2, 0.25) is 0 Å². The first kappa shape index (κ1) is 23.4. The highest BCUT2D eigenvalue weighted by Gasteiger charge is 2.48. The number of sulfone groups is 1. The molecule has 8 nitrogen and oxygen atoms in total. The van der Waals surface area contributed by atoms with Gasteiger partial charge in [0.25, 0.3) is 9.84 Å². The second kappa shape index (κ2) is 8.04. The van der Waals surface area contributed by atoms with Crippen LogP contribution < -0.4 is 10.5 Å². The van der Waals surface area contributed by atoms with E-state index in [2.05, 4.69) is 9.68 Å². The molecule has 1 aliphatic heterocycles. The van der Waals surface area contributed by atoms with Crippen LogP contribution in [0.25, 0.3) is 0 Å². The monoisotopic (exact) mass is 491 g/mol. The van der Waals surface area contributed by atoms with E-state index in [1.165, 1.54) is 0 Å². The minimum absolute atomic E-state index is 0.0130. The average Bonchev–Trinajstić information content (AvgIpc) is 3.43. The van der Waals surface area contributed by atoms with Crippen LogP contribution in [0.4, 0.5) is 18.9 Å². The van der Waals surface area contributed by atoms with Gasteiger partial charge in [-0.05, 0) is 49.8 Å². The molecular weight excluding hydrogens is 467 g/mol. The number of sulfonamides is 1. The largest absolute Gasteiger partial charge is 0.501 e. The molecule has 2 aliphatic rings. The zero-order valence-electron chi connectivity index (χ0n) is 15.8. The van der Waals surface area contributed by atoms with Crippen molar-refractivity contribution in [3.63, 3.8) is 0 Å². The van der Waals surface area contributed by atoms with Gasteiger partial charge in [-0.25, -0.2) is 22.0 Å². The first-order chi connectivity index (χ1) is 13.7. The fraction of sp³-hybridized carbons (Fsp3) is 0.625. The summed E-state index contributed by atoms with van der Waals surface area (Å²) < 4.78 is 101. The maximum atomic E-state index is 13.1. The van der Waals surface area contributed by atoms with Crippen molar-refractivity contribution < 1.29 is 34.6 Å². The zero-order chi connectivity index (χ0) is 22.4. The number of halogens is 3. The molecule has 1 aromatic carbocycles. The van der Waals surface area contributed by atoms with Gasteiger partial charge in [-0.2, -0.15) is 13.2 Å². The summed E-state index contributed by atoms with van der Waals surface area (Å²) in [7, 11) is -12.5. The van der Waals surface area contributed by atoms with Crippen LogP contribution >= 0.6 is 0 Å². The maximum absolute atomic E-state index is 13.1. The van der Waals surface area contributed by atoms with Crippen molar-refractivity contribution in [3.05, 3.63) is 18.2 Å². The minimum Gasteiger partial charge on any atom is -0.384 e. The van der Waals surface area contributed by atoms with Gasteiger partial charge in [-0.1, -0.05) is 0 Å². The second-order valence-corrected chi connectivity index (χ2v) is 14.0. The number of thiol groups is 1. The molecule has 0 aromatic heterocycles. The number of nitrogens with one attached hydrogen (secondary N) is 1. The lowest BCUT2D eigenvalue weighted by Gasteiger charge is -2.33. The quantitative estimate of drug-likeness (QED) is 0.450. The SMILES string of the molecule is NS(=O)(=O)c1ccc(NCC2CC[SH](O)(=NC3CC3)CC2)c(S(=O)(=O)C(F)(F)F)c1. The molecule has 1 heterocycles. The molecule has 1 saturated carbocycles. The van der Waals surface area contributed by atoms with E-state index in [1.807, 2.05) is 0 Å². The first-order valence-electron chi connectivity index (χ1n) is 9.26. The molecule has 2 fully saturated rings.